The zero-order valence-electron chi connectivity index (χ0n) is 12.5. The van der Waals surface area contributed by atoms with Crippen LogP contribution in [-0.4, -0.2) is 23.5 Å². The summed E-state index contributed by atoms with van der Waals surface area (Å²) >= 11 is 0. The van der Waals surface area contributed by atoms with Crippen LogP contribution in [-0.2, 0) is 0 Å². The number of benzene rings is 2. The fourth-order valence-electron chi connectivity index (χ4n) is 2.27. The molecule has 0 saturated heterocycles. The van der Waals surface area contributed by atoms with Gasteiger partial charge in [-0.3, -0.25) is 4.79 Å². The number of halogens is 1. The minimum atomic E-state index is -0.634. The topological polar surface area (TPSA) is 49.3 Å². The van der Waals surface area contributed by atoms with Gasteiger partial charge in [-0.1, -0.05) is 42.5 Å². The van der Waals surface area contributed by atoms with Crippen molar-refractivity contribution in [2.75, 3.05) is 6.54 Å². The van der Waals surface area contributed by atoms with Crippen LogP contribution in [0.1, 0.15) is 35.4 Å². The minimum absolute atomic E-state index is 0.117. The predicted octanol–water partition coefficient (Wildman–Crippen LogP) is 3.11. The van der Waals surface area contributed by atoms with Crippen LogP contribution in [0, 0.1) is 5.82 Å². The lowest BCUT2D eigenvalue weighted by molar-refractivity contribution is 0.0971. The second kappa shape index (κ2) is 7.82. The quantitative estimate of drug-likeness (QED) is 0.773. The highest BCUT2D eigenvalue weighted by Gasteiger charge is 2.16. The number of hydrogen-bond acceptors (Lipinski definition) is 3. The van der Waals surface area contributed by atoms with Gasteiger partial charge < -0.3 is 10.4 Å². The fourth-order valence-corrected chi connectivity index (χ4v) is 2.27. The molecule has 22 heavy (non-hydrogen) atoms. The fraction of sp³-hybridized carbons (Fsp3) is 0.278. The van der Waals surface area contributed by atoms with Crippen LogP contribution < -0.4 is 5.32 Å². The average Bonchev–Trinajstić information content (AvgIpc) is 2.54. The number of Topliss-reactive ketones (excluding diaryl/α,β-unsaturated/α-hetero) is 1. The van der Waals surface area contributed by atoms with Gasteiger partial charge in [-0.25, -0.2) is 4.39 Å². The summed E-state index contributed by atoms with van der Waals surface area (Å²) < 4.78 is 13.1. The van der Waals surface area contributed by atoms with E-state index < -0.39 is 11.9 Å². The summed E-state index contributed by atoms with van der Waals surface area (Å²) in [7, 11) is 0. The molecule has 0 radical (unpaired) electrons. The van der Waals surface area contributed by atoms with Crippen LogP contribution >= 0.6 is 0 Å². The van der Waals surface area contributed by atoms with Crippen molar-refractivity contribution in [1.82, 2.24) is 5.32 Å². The number of carbonyl (C=O) groups is 1. The number of ketones is 1. The summed E-state index contributed by atoms with van der Waals surface area (Å²) in [5.74, 6) is -0.528. The predicted molar refractivity (Wildman–Crippen MR) is 84.2 cm³/mol. The van der Waals surface area contributed by atoms with Gasteiger partial charge in [-0.2, -0.15) is 0 Å². The first-order valence-electron chi connectivity index (χ1n) is 7.33. The Bertz CT molecular complexity index is 615. The lowest BCUT2D eigenvalue weighted by Gasteiger charge is -2.20. The van der Waals surface area contributed by atoms with Crippen molar-refractivity contribution in [1.29, 1.82) is 0 Å². The molecule has 0 aliphatic carbocycles. The van der Waals surface area contributed by atoms with Gasteiger partial charge in [-0.15, -0.1) is 0 Å². The molecule has 0 heterocycles. The number of hydrogen-bond donors (Lipinski definition) is 2. The summed E-state index contributed by atoms with van der Waals surface area (Å²) in [6.45, 7) is 2.30. The zero-order valence-corrected chi connectivity index (χ0v) is 12.5. The van der Waals surface area contributed by atoms with Crippen molar-refractivity contribution >= 4 is 5.78 Å². The highest BCUT2D eigenvalue weighted by molar-refractivity contribution is 5.96. The highest BCUT2D eigenvalue weighted by Crippen LogP contribution is 2.16. The molecule has 3 nitrogen and oxygen atoms in total. The monoisotopic (exact) mass is 301 g/mol. The number of nitrogens with one attached hydrogen (secondary N) is 1. The molecule has 2 rings (SSSR count). The maximum atomic E-state index is 13.1. The molecule has 0 spiro atoms. The Labute approximate surface area is 129 Å². The molecule has 0 aliphatic heterocycles. The molecule has 116 valence electrons. The summed E-state index contributed by atoms with van der Waals surface area (Å²) in [4.78, 5) is 11.9. The molecule has 0 bridgehead atoms. The molecular weight excluding hydrogens is 281 g/mol. The first-order valence-corrected chi connectivity index (χ1v) is 7.33. The zero-order chi connectivity index (χ0) is 15.9. The van der Waals surface area contributed by atoms with Gasteiger partial charge in [-0.05, 0) is 24.6 Å². The van der Waals surface area contributed by atoms with Gasteiger partial charge in [0.05, 0.1) is 6.10 Å². The van der Waals surface area contributed by atoms with Crippen LogP contribution in [0.25, 0.3) is 0 Å². The summed E-state index contributed by atoms with van der Waals surface area (Å²) in [6.07, 6.45) is -0.375. The second-order valence-corrected chi connectivity index (χ2v) is 5.28. The molecule has 2 N–H and O–H groups in total. The van der Waals surface area contributed by atoms with Crippen LogP contribution in [0.5, 0.6) is 0 Å². The van der Waals surface area contributed by atoms with Crippen molar-refractivity contribution in [2.45, 2.75) is 25.5 Å². The van der Waals surface area contributed by atoms with Crippen molar-refractivity contribution in [3.8, 4) is 0 Å². The van der Waals surface area contributed by atoms with E-state index in [4.69, 9.17) is 0 Å². The Morgan fingerprint density at radius 1 is 1.18 bits per heavy atom. The van der Waals surface area contributed by atoms with Crippen molar-refractivity contribution in [2.24, 2.45) is 0 Å². The normalized spacial score (nSPS) is 13.6. The number of aliphatic hydroxyl groups excluding tert-OH is 1. The first kappa shape index (κ1) is 16.3. The third-order valence-electron chi connectivity index (χ3n) is 3.58. The van der Waals surface area contributed by atoms with E-state index in [0.29, 0.717) is 12.1 Å². The second-order valence-electron chi connectivity index (χ2n) is 5.28. The van der Waals surface area contributed by atoms with E-state index in [0.717, 1.165) is 5.56 Å². The summed E-state index contributed by atoms with van der Waals surface area (Å²) in [6, 6.07) is 14.9. The smallest absolute Gasteiger partial charge is 0.164 e. The number of carbonyl (C=O) groups excluding carboxylic acids is 1. The van der Waals surface area contributed by atoms with E-state index in [1.807, 2.05) is 37.3 Å². The molecule has 0 saturated carbocycles. The van der Waals surface area contributed by atoms with Crippen LogP contribution in [0.4, 0.5) is 4.39 Å². The third kappa shape index (κ3) is 4.48. The van der Waals surface area contributed by atoms with Crippen molar-refractivity contribution in [3.63, 3.8) is 0 Å². The molecule has 2 unspecified atom stereocenters. The molecule has 0 aliphatic rings. The van der Waals surface area contributed by atoms with Gasteiger partial charge >= 0.3 is 0 Å². The van der Waals surface area contributed by atoms with Gasteiger partial charge in [0, 0.05) is 24.6 Å². The SMILES string of the molecule is CC(NCCC(=O)c1cccc(F)c1)C(O)c1ccccc1. The summed E-state index contributed by atoms with van der Waals surface area (Å²) in [5, 5.41) is 13.3. The van der Waals surface area contributed by atoms with Crippen molar-refractivity contribution < 1.29 is 14.3 Å². The number of aliphatic hydroxyl groups is 1. The molecule has 2 aromatic rings. The lowest BCUT2D eigenvalue weighted by atomic mass is 10.0. The summed E-state index contributed by atoms with van der Waals surface area (Å²) in [5.41, 5.74) is 1.21. The standard InChI is InChI=1S/C18H20FNO2/c1-13(18(22)14-6-3-2-4-7-14)20-11-10-17(21)15-8-5-9-16(19)12-15/h2-9,12-13,18,20,22H,10-11H2,1H3. The minimum Gasteiger partial charge on any atom is -0.387 e. The van der Waals surface area contributed by atoms with E-state index >= 15 is 0 Å². The van der Waals surface area contributed by atoms with Gasteiger partial charge in [0.25, 0.3) is 0 Å². The van der Waals surface area contributed by atoms with Gasteiger partial charge in [0.1, 0.15) is 5.82 Å². The highest BCUT2D eigenvalue weighted by atomic mass is 19.1. The molecule has 2 atom stereocenters. The van der Waals surface area contributed by atoms with E-state index in [9.17, 15) is 14.3 Å². The Morgan fingerprint density at radius 3 is 2.59 bits per heavy atom. The maximum Gasteiger partial charge on any atom is 0.164 e. The largest absolute Gasteiger partial charge is 0.387 e. The van der Waals surface area contributed by atoms with E-state index in [-0.39, 0.29) is 18.2 Å². The van der Waals surface area contributed by atoms with Gasteiger partial charge in [0.15, 0.2) is 5.78 Å². The Morgan fingerprint density at radius 2 is 1.91 bits per heavy atom. The Hall–Kier alpha value is -2.04. The van der Waals surface area contributed by atoms with Crippen LogP contribution in [0.15, 0.2) is 54.6 Å². The average molecular weight is 301 g/mol. The Kier molecular flexibility index (Phi) is 5.81. The molecule has 0 amide bonds. The van der Waals surface area contributed by atoms with E-state index in [2.05, 4.69) is 5.32 Å². The van der Waals surface area contributed by atoms with Crippen LogP contribution in [0.2, 0.25) is 0 Å². The lowest BCUT2D eigenvalue weighted by Crippen LogP contribution is -2.33. The molecule has 0 fully saturated rings. The molecule has 2 aromatic carbocycles. The van der Waals surface area contributed by atoms with E-state index in [1.54, 1.807) is 6.07 Å². The Balaban J connectivity index is 1.82. The molecule has 4 heteroatoms. The van der Waals surface area contributed by atoms with Crippen LogP contribution in [0.3, 0.4) is 0 Å². The first-order chi connectivity index (χ1) is 10.6. The van der Waals surface area contributed by atoms with Gasteiger partial charge in [0.2, 0.25) is 0 Å². The third-order valence-corrected chi connectivity index (χ3v) is 3.58. The van der Waals surface area contributed by atoms with Crippen molar-refractivity contribution in [3.05, 3.63) is 71.5 Å². The van der Waals surface area contributed by atoms with E-state index in [1.165, 1.54) is 18.2 Å². The molecule has 0 aromatic heterocycles. The maximum absolute atomic E-state index is 13.1. The number of rotatable bonds is 7. The molecular formula is C18H20FNO2.